The molecule has 0 saturated heterocycles. The number of anilines is 1. The number of hydrogen-bond donors (Lipinski definition) is 1. The Kier molecular flexibility index (Phi) is 4.58. The minimum atomic E-state index is -0.0811. The van der Waals surface area contributed by atoms with Crippen molar-refractivity contribution in [3.8, 4) is 0 Å². The number of amides is 1. The third kappa shape index (κ3) is 3.27. The van der Waals surface area contributed by atoms with Gasteiger partial charge in [-0.3, -0.25) is 4.79 Å². The van der Waals surface area contributed by atoms with Gasteiger partial charge in [-0.1, -0.05) is 23.7 Å². The number of carbonyl (C=O) groups is 1. The summed E-state index contributed by atoms with van der Waals surface area (Å²) in [6, 6.07) is 11.0. The maximum atomic E-state index is 12.4. The van der Waals surface area contributed by atoms with Crippen LogP contribution in [0.3, 0.4) is 0 Å². The van der Waals surface area contributed by atoms with Crippen LogP contribution < -0.4 is 5.32 Å². The lowest BCUT2D eigenvalue weighted by Crippen LogP contribution is -2.27. The maximum Gasteiger partial charge on any atom is 0.257 e. The number of pyridine rings is 1. The van der Waals surface area contributed by atoms with Gasteiger partial charge in [-0.2, -0.15) is 0 Å². The van der Waals surface area contributed by atoms with E-state index in [0.717, 1.165) is 5.56 Å². The van der Waals surface area contributed by atoms with E-state index in [-0.39, 0.29) is 5.91 Å². The highest BCUT2D eigenvalue weighted by Gasteiger charge is 2.16. The van der Waals surface area contributed by atoms with Gasteiger partial charge in [0.25, 0.3) is 5.91 Å². The first kappa shape index (κ1) is 14.3. The van der Waals surface area contributed by atoms with Crippen molar-refractivity contribution in [3.05, 3.63) is 58.7 Å². The normalized spacial score (nSPS) is 10.2. The van der Waals surface area contributed by atoms with E-state index in [9.17, 15) is 4.79 Å². The minimum absolute atomic E-state index is 0.0811. The molecule has 104 valence electrons. The molecule has 0 saturated carbocycles. The molecule has 2 aromatic rings. The molecule has 0 spiro atoms. The molecule has 20 heavy (non-hydrogen) atoms. The highest BCUT2D eigenvalue weighted by atomic mass is 35.5. The van der Waals surface area contributed by atoms with Gasteiger partial charge in [-0.15, -0.1) is 0 Å². The Labute approximate surface area is 123 Å². The monoisotopic (exact) mass is 289 g/mol. The zero-order chi connectivity index (χ0) is 14.5. The van der Waals surface area contributed by atoms with Crippen LogP contribution in [0.4, 0.5) is 5.82 Å². The molecule has 0 fully saturated rings. The van der Waals surface area contributed by atoms with E-state index in [4.69, 9.17) is 11.6 Å². The number of rotatable bonds is 4. The predicted molar refractivity (Wildman–Crippen MR) is 81.0 cm³/mol. The van der Waals surface area contributed by atoms with Crippen molar-refractivity contribution in [1.82, 2.24) is 9.88 Å². The first-order chi connectivity index (χ1) is 9.61. The summed E-state index contributed by atoms with van der Waals surface area (Å²) in [5.74, 6) is 0.498. The second-order valence-corrected chi connectivity index (χ2v) is 4.88. The third-order valence-electron chi connectivity index (χ3n) is 2.93. The zero-order valence-electron chi connectivity index (χ0n) is 11.4. The lowest BCUT2D eigenvalue weighted by molar-refractivity contribution is 0.0785. The molecule has 0 unspecified atom stereocenters. The van der Waals surface area contributed by atoms with Gasteiger partial charge in [0.15, 0.2) is 0 Å². The fourth-order valence-corrected chi connectivity index (χ4v) is 2.18. The minimum Gasteiger partial charge on any atom is -0.372 e. The Morgan fingerprint density at radius 2 is 2.15 bits per heavy atom. The average Bonchev–Trinajstić information content (AvgIpc) is 2.46. The maximum absolute atomic E-state index is 12.4. The van der Waals surface area contributed by atoms with Crippen molar-refractivity contribution in [1.29, 1.82) is 0 Å². The summed E-state index contributed by atoms with van der Waals surface area (Å²) >= 11 is 5.95. The summed E-state index contributed by atoms with van der Waals surface area (Å²) in [5, 5.41) is 3.59. The molecule has 1 aromatic carbocycles. The van der Waals surface area contributed by atoms with Crippen LogP contribution in [0.25, 0.3) is 0 Å². The summed E-state index contributed by atoms with van der Waals surface area (Å²) in [6.07, 6.45) is 1.65. The Balaban J connectivity index is 2.16. The second kappa shape index (κ2) is 6.39. The van der Waals surface area contributed by atoms with Crippen LogP contribution in [0.2, 0.25) is 5.02 Å². The van der Waals surface area contributed by atoms with Gasteiger partial charge in [-0.25, -0.2) is 4.98 Å². The van der Waals surface area contributed by atoms with Crippen molar-refractivity contribution in [2.24, 2.45) is 0 Å². The molecule has 2 rings (SSSR count). The van der Waals surface area contributed by atoms with Crippen LogP contribution in [-0.2, 0) is 6.54 Å². The molecule has 1 aromatic heterocycles. The van der Waals surface area contributed by atoms with Crippen LogP contribution in [0.5, 0.6) is 0 Å². The Morgan fingerprint density at radius 3 is 2.85 bits per heavy atom. The third-order valence-corrected chi connectivity index (χ3v) is 3.17. The highest BCUT2D eigenvalue weighted by molar-refractivity contribution is 6.30. The predicted octanol–water partition coefficient (Wildman–Crippen LogP) is 3.05. The summed E-state index contributed by atoms with van der Waals surface area (Å²) in [5.41, 5.74) is 1.54. The van der Waals surface area contributed by atoms with E-state index in [1.807, 2.05) is 24.3 Å². The largest absolute Gasteiger partial charge is 0.372 e. The number of hydrogen-bond acceptors (Lipinski definition) is 3. The summed E-state index contributed by atoms with van der Waals surface area (Å²) in [7, 11) is 3.51. The van der Waals surface area contributed by atoms with Crippen LogP contribution in [0, 0.1) is 0 Å². The van der Waals surface area contributed by atoms with E-state index < -0.39 is 0 Å². The molecule has 4 nitrogen and oxygen atoms in total. The van der Waals surface area contributed by atoms with Gasteiger partial charge in [0.2, 0.25) is 0 Å². The average molecular weight is 290 g/mol. The standard InChI is InChI=1S/C15H16ClN3O/c1-17-14-13(7-4-8-18-14)15(20)19(2)10-11-5-3-6-12(16)9-11/h3-9H,10H2,1-2H3,(H,17,18). The van der Waals surface area contributed by atoms with Crippen molar-refractivity contribution in [2.75, 3.05) is 19.4 Å². The smallest absolute Gasteiger partial charge is 0.257 e. The number of nitrogens with zero attached hydrogens (tertiary/aromatic N) is 2. The first-order valence-electron chi connectivity index (χ1n) is 6.24. The van der Waals surface area contributed by atoms with E-state index in [1.54, 1.807) is 37.3 Å². The molecular formula is C15H16ClN3O. The Morgan fingerprint density at radius 1 is 1.35 bits per heavy atom. The van der Waals surface area contributed by atoms with Crippen LogP contribution in [-0.4, -0.2) is 29.9 Å². The number of aromatic nitrogens is 1. The van der Waals surface area contributed by atoms with E-state index in [2.05, 4.69) is 10.3 Å². The number of benzene rings is 1. The molecule has 0 atom stereocenters. The molecule has 0 aliphatic heterocycles. The SMILES string of the molecule is CNc1ncccc1C(=O)N(C)Cc1cccc(Cl)c1. The molecule has 0 bridgehead atoms. The lowest BCUT2D eigenvalue weighted by Gasteiger charge is -2.18. The van der Waals surface area contributed by atoms with Crippen molar-refractivity contribution < 1.29 is 4.79 Å². The Hall–Kier alpha value is -2.07. The highest BCUT2D eigenvalue weighted by Crippen LogP contribution is 2.16. The van der Waals surface area contributed by atoms with Crippen molar-refractivity contribution in [2.45, 2.75) is 6.54 Å². The Bertz CT molecular complexity index is 616. The van der Waals surface area contributed by atoms with E-state index in [0.29, 0.717) is 22.9 Å². The van der Waals surface area contributed by atoms with Gasteiger partial charge < -0.3 is 10.2 Å². The van der Waals surface area contributed by atoms with Gasteiger partial charge >= 0.3 is 0 Å². The molecular weight excluding hydrogens is 274 g/mol. The topological polar surface area (TPSA) is 45.2 Å². The summed E-state index contributed by atoms with van der Waals surface area (Å²) in [4.78, 5) is 18.2. The van der Waals surface area contributed by atoms with Crippen LogP contribution in [0.1, 0.15) is 15.9 Å². The van der Waals surface area contributed by atoms with Gasteiger partial charge in [-0.05, 0) is 29.8 Å². The van der Waals surface area contributed by atoms with Crippen LogP contribution in [0.15, 0.2) is 42.6 Å². The quantitative estimate of drug-likeness (QED) is 0.941. The molecule has 1 amide bonds. The lowest BCUT2D eigenvalue weighted by atomic mass is 10.2. The summed E-state index contributed by atoms with van der Waals surface area (Å²) < 4.78 is 0. The fraction of sp³-hybridized carbons (Fsp3) is 0.200. The summed E-state index contributed by atoms with van der Waals surface area (Å²) in [6.45, 7) is 0.497. The van der Waals surface area contributed by atoms with Gasteiger partial charge in [0.1, 0.15) is 5.82 Å². The van der Waals surface area contributed by atoms with E-state index in [1.165, 1.54) is 0 Å². The van der Waals surface area contributed by atoms with Crippen LogP contribution >= 0.6 is 11.6 Å². The molecule has 1 heterocycles. The molecule has 0 radical (unpaired) electrons. The van der Waals surface area contributed by atoms with E-state index >= 15 is 0 Å². The fourth-order valence-electron chi connectivity index (χ4n) is 1.96. The number of carbonyl (C=O) groups excluding carboxylic acids is 1. The van der Waals surface area contributed by atoms with Crippen molar-refractivity contribution in [3.63, 3.8) is 0 Å². The number of nitrogens with one attached hydrogen (secondary N) is 1. The van der Waals surface area contributed by atoms with Crippen molar-refractivity contribution >= 4 is 23.3 Å². The first-order valence-corrected chi connectivity index (χ1v) is 6.62. The molecule has 0 aliphatic rings. The molecule has 5 heteroatoms. The second-order valence-electron chi connectivity index (χ2n) is 4.44. The van der Waals surface area contributed by atoms with Gasteiger partial charge in [0, 0.05) is 31.9 Å². The zero-order valence-corrected chi connectivity index (χ0v) is 12.2. The van der Waals surface area contributed by atoms with Gasteiger partial charge in [0.05, 0.1) is 5.56 Å². The molecule has 0 aliphatic carbocycles. The number of halogens is 1. The molecule has 1 N–H and O–H groups in total.